The average molecular weight is 555 g/mol. The van der Waals surface area contributed by atoms with Gasteiger partial charge in [-0.15, -0.1) is 0 Å². The van der Waals surface area contributed by atoms with Crippen LogP contribution in [0.25, 0.3) is 27.1 Å². The second kappa shape index (κ2) is 7.33. The summed E-state index contributed by atoms with van der Waals surface area (Å²) in [6, 6.07) is 14.5. The zero-order valence-electron chi connectivity index (χ0n) is 23.3. The third-order valence-electron chi connectivity index (χ3n) is 10.0. The molecular weight excluding hydrogens is 516 g/mol. The Balaban J connectivity index is 1.53. The van der Waals surface area contributed by atoms with Crippen molar-refractivity contribution < 1.29 is 4.74 Å². The molecule has 37 heavy (non-hydrogen) atoms. The molecule has 3 aromatic carbocycles. The zero-order valence-corrected chi connectivity index (χ0v) is 24.9. The van der Waals surface area contributed by atoms with Gasteiger partial charge in [-0.2, -0.15) is 0 Å². The Morgan fingerprint density at radius 1 is 0.865 bits per heavy atom. The first-order valence-corrected chi connectivity index (χ1v) is 14.8. The highest BCUT2D eigenvalue weighted by Crippen LogP contribution is 2.63. The molecule has 0 bridgehead atoms. The number of methoxy groups -OCH3 is 1. The van der Waals surface area contributed by atoms with Crippen molar-refractivity contribution in [1.29, 1.82) is 0 Å². The Morgan fingerprint density at radius 2 is 1.51 bits per heavy atom. The maximum atomic E-state index is 6.72. The molecule has 0 aliphatic heterocycles. The van der Waals surface area contributed by atoms with E-state index < -0.39 is 0 Å². The van der Waals surface area contributed by atoms with Gasteiger partial charge >= 0.3 is 0 Å². The second-order valence-corrected chi connectivity index (χ2v) is 15.2. The lowest BCUT2D eigenvalue weighted by Gasteiger charge is -2.56. The number of benzene rings is 3. The Hall–Kier alpha value is -2.03. The lowest BCUT2D eigenvalue weighted by atomic mass is 9.51. The molecule has 4 aliphatic carbocycles. The van der Waals surface area contributed by atoms with E-state index in [1.807, 2.05) is 7.11 Å². The summed E-state index contributed by atoms with van der Waals surface area (Å²) in [5.74, 6) is 1.90. The topological polar surface area (TPSA) is 9.23 Å². The van der Waals surface area contributed by atoms with Crippen molar-refractivity contribution in [2.45, 2.75) is 82.6 Å². The van der Waals surface area contributed by atoms with Crippen LogP contribution in [0.4, 0.5) is 0 Å². The van der Waals surface area contributed by atoms with E-state index in [9.17, 15) is 0 Å². The van der Waals surface area contributed by atoms with E-state index in [-0.39, 0.29) is 20.8 Å². The van der Waals surface area contributed by atoms with E-state index in [0.717, 1.165) is 25.7 Å². The van der Waals surface area contributed by atoms with Crippen molar-refractivity contribution >= 4 is 43.0 Å². The summed E-state index contributed by atoms with van der Waals surface area (Å²) in [5.41, 5.74) is 7.31. The summed E-state index contributed by atoms with van der Waals surface area (Å²) >= 11 is 4.19. The van der Waals surface area contributed by atoms with Crippen LogP contribution in [0.5, 0.6) is 0 Å². The van der Waals surface area contributed by atoms with Crippen molar-refractivity contribution in [2.75, 3.05) is 7.11 Å². The van der Waals surface area contributed by atoms with Crippen molar-refractivity contribution in [3.8, 4) is 0 Å². The molecule has 0 spiro atoms. The zero-order chi connectivity index (χ0) is 26.1. The Bertz CT molecular complexity index is 1570. The van der Waals surface area contributed by atoms with E-state index in [1.165, 1.54) is 49.0 Å². The number of rotatable bonds is 1. The van der Waals surface area contributed by atoms with Crippen LogP contribution in [0, 0.1) is 17.3 Å². The highest BCUT2D eigenvalue weighted by molar-refractivity contribution is 9.10. The molecule has 1 nitrogen and oxygen atoms in total. The van der Waals surface area contributed by atoms with Gasteiger partial charge in [0, 0.05) is 42.2 Å². The Morgan fingerprint density at radius 3 is 2.14 bits per heavy atom. The molecule has 0 radical (unpaired) electrons. The second-order valence-electron chi connectivity index (χ2n) is 13.9. The van der Waals surface area contributed by atoms with Crippen molar-refractivity contribution in [2.24, 2.45) is 11.3 Å². The first-order valence-electron chi connectivity index (χ1n) is 14.0. The molecule has 0 N–H and O–H groups in total. The average Bonchev–Trinajstić information content (AvgIpc) is 2.84. The molecule has 0 heterocycles. The number of ether oxygens (including phenoxy) is 1. The number of hydrogen-bond acceptors (Lipinski definition) is 1. The fraction of sp³-hybridized carbons (Fsp3) is 0.457. The van der Waals surface area contributed by atoms with E-state index in [0.29, 0.717) is 5.92 Å². The molecule has 2 heteroatoms. The van der Waals surface area contributed by atoms with Gasteiger partial charge in [-0.1, -0.05) is 75.7 Å². The third-order valence-corrected chi connectivity index (χ3v) is 11.7. The van der Waals surface area contributed by atoms with Crippen molar-refractivity contribution in [3.05, 3.63) is 82.0 Å². The molecular formula is C35H38BrO+. The standard InChI is InChI=1S/C35H38BrO/c1-32(2,3)24-16-20-8-12-25-27-14-10-22-18-34(36,33(4,5)6)19-23-11-15-28(31(27)35(22,23)37-7)26-13-9-21(17-24)29(20)30(25)26/h8-9,12-13,16-19,31H,10-11,14-15H2,1-7H3/q+1. The van der Waals surface area contributed by atoms with Gasteiger partial charge in [-0.05, 0) is 76.0 Å². The number of fused-ring (bicyclic) bond motifs is 1. The highest BCUT2D eigenvalue weighted by Gasteiger charge is 2.62. The summed E-state index contributed by atoms with van der Waals surface area (Å²) < 4.78 is 6.58. The summed E-state index contributed by atoms with van der Waals surface area (Å²) in [6.45, 7) is 14.0. The van der Waals surface area contributed by atoms with Crippen LogP contribution in [0.3, 0.4) is 0 Å². The Kier molecular flexibility index (Phi) is 4.76. The van der Waals surface area contributed by atoms with Crippen LogP contribution in [-0.4, -0.2) is 17.0 Å². The van der Waals surface area contributed by atoms with Crippen LogP contribution < -0.4 is 5.22 Å². The minimum absolute atomic E-state index is 0.0854. The summed E-state index contributed by atoms with van der Waals surface area (Å²) in [6.07, 6.45) is 9.37. The molecule has 3 aromatic rings. The van der Waals surface area contributed by atoms with E-state index >= 15 is 0 Å². The van der Waals surface area contributed by atoms with Crippen LogP contribution in [-0.2, 0) is 10.2 Å². The summed E-state index contributed by atoms with van der Waals surface area (Å²) in [5, 5.41) is 7.16. The van der Waals surface area contributed by atoms with Gasteiger partial charge < -0.3 is 4.74 Å². The fourth-order valence-electron chi connectivity index (χ4n) is 7.91. The lowest BCUT2D eigenvalue weighted by molar-refractivity contribution is 0.00309. The van der Waals surface area contributed by atoms with Gasteiger partial charge in [0.25, 0.3) is 0 Å². The minimum atomic E-state index is -0.340. The van der Waals surface area contributed by atoms with Gasteiger partial charge in [0.05, 0.1) is 21.0 Å². The lowest BCUT2D eigenvalue weighted by Crippen LogP contribution is -2.57. The van der Waals surface area contributed by atoms with Crippen molar-refractivity contribution in [1.82, 2.24) is 0 Å². The molecule has 3 atom stereocenters. The monoisotopic (exact) mass is 553 g/mol. The molecule has 2 saturated carbocycles. The van der Waals surface area contributed by atoms with Crippen LogP contribution in [0.15, 0.2) is 59.7 Å². The third kappa shape index (κ3) is 2.98. The van der Waals surface area contributed by atoms with E-state index in [1.54, 1.807) is 11.5 Å². The number of allylic oxidation sites excluding steroid dienone is 2. The smallest absolute Gasteiger partial charge is 0.142 e. The molecule has 4 aliphatic rings. The summed E-state index contributed by atoms with van der Waals surface area (Å²) in [7, 11) is 1.95. The maximum Gasteiger partial charge on any atom is 0.142 e. The normalized spacial score (nSPS) is 28.9. The van der Waals surface area contributed by atoms with Crippen LogP contribution in [0.2, 0.25) is 0 Å². The van der Waals surface area contributed by atoms with Gasteiger partial charge in [-0.25, -0.2) is 0 Å². The van der Waals surface area contributed by atoms with E-state index in [4.69, 9.17) is 4.74 Å². The Labute approximate surface area is 230 Å². The first kappa shape index (κ1) is 24.0. The van der Waals surface area contributed by atoms with Crippen LogP contribution >= 0.6 is 15.9 Å². The largest absolute Gasteiger partial charge is 0.367 e. The molecule has 190 valence electrons. The first-order chi connectivity index (χ1) is 17.4. The molecule has 3 unspecified atom stereocenters. The maximum absolute atomic E-state index is 6.72. The van der Waals surface area contributed by atoms with Gasteiger partial charge in [0.15, 0.2) is 0 Å². The van der Waals surface area contributed by atoms with Gasteiger partial charge in [0.2, 0.25) is 0 Å². The van der Waals surface area contributed by atoms with E-state index in [2.05, 4.69) is 106 Å². The molecule has 7 rings (SSSR count). The minimum Gasteiger partial charge on any atom is -0.367 e. The molecule has 0 saturated heterocycles. The fourth-order valence-corrected chi connectivity index (χ4v) is 8.47. The summed E-state index contributed by atoms with van der Waals surface area (Å²) in [4.78, 5) is 0. The number of halogens is 1. The predicted octanol–water partition coefficient (Wildman–Crippen LogP) is 8.73. The molecule has 2 fully saturated rings. The molecule has 0 amide bonds. The van der Waals surface area contributed by atoms with Crippen molar-refractivity contribution in [3.63, 3.8) is 0 Å². The quantitative estimate of drug-likeness (QED) is 0.166. The SMILES string of the molecule is COC12C3=CC(Br)(C(C)(C)C)C=C1CC[C+]1c4ccc5cc(C(C)(C)C)cc6ccc(c4c56)=C(CC3)C12. The van der Waals surface area contributed by atoms with Gasteiger partial charge in [0.1, 0.15) is 11.2 Å². The number of hydrogen-bond donors (Lipinski definition) is 0. The van der Waals surface area contributed by atoms with Crippen LogP contribution in [0.1, 0.15) is 78.4 Å². The molecule has 0 aromatic heterocycles. The predicted molar refractivity (Wildman–Crippen MR) is 160 cm³/mol. The highest BCUT2D eigenvalue weighted by atomic mass is 79.9. The number of alkyl halides is 1. The van der Waals surface area contributed by atoms with Gasteiger partial charge in [-0.3, -0.25) is 0 Å².